The standard InChI is InChI=1S/C15H19N3O6/c16-18-17-13(15(20)21)14(12-4-2-1-3-5-12)24-11-10-23-9-8-22-7-6-19/h1-5,19H,6-11H2,(H,20,21). The molecule has 2 N–H and O–H groups in total. The lowest BCUT2D eigenvalue weighted by Crippen LogP contribution is -2.12. The van der Waals surface area contributed by atoms with Crippen molar-refractivity contribution in [1.29, 1.82) is 0 Å². The molecule has 9 nitrogen and oxygen atoms in total. The highest BCUT2D eigenvalue weighted by molar-refractivity contribution is 5.94. The number of hydrogen-bond acceptors (Lipinski definition) is 6. The van der Waals surface area contributed by atoms with Gasteiger partial charge in [0.1, 0.15) is 12.4 Å². The van der Waals surface area contributed by atoms with Crippen molar-refractivity contribution in [3.05, 3.63) is 52.0 Å². The first kappa shape index (κ1) is 19.5. The van der Waals surface area contributed by atoms with Crippen molar-refractivity contribution in [3.8, 4) is 0 Å². The minimum absolute atomic E-state index is 0.0268. The molecule has 0 aliphatic heterocycles. The molecule has 0 atom stereocenters. The minimum Gasteiger partial charge on any atom is -0.490 e. The predicted molar refractivity (Wildman–Crippen MR) is 84.8 cm³/mol. The van der Waals surface area contributed by atoms with Gasteiger partial charge in [-0.2, -0.15) is 0 Å². The second-order valence-electron chi connectivity index (χ2n) is 4.34. The van der Waals surface area contributed by atoms with Gasteiger partial charge in [0.05, 0.1) is 33.0 Å². The number of aliphatic hydroxyl groups is 1. The Kier molecular flexibility index (Phi) is 9.67. The van der Waals surface area contributed by atoms with Crippen LogP contribution in [-0.2, 0) is 19.0 Å². The number of aliphatic carboxylic acids is 1. The normalized spacial score (nSPS) is 11.4. The van der Waals surface area contributed by atoms with Crippen LogP contribution in [0, 0.1) is 0 Å². The summed E-state index contributed by atoms with van der Waals surface area (Å²) in [6.45, 7) is 1.11. The Morgan fingerprint density at radius 1 is 1.08 bits per heavy atom. The summed E-state index contributed by atoms with van der Waals surface area (Å²) in [5.41, 5.74) is 8.50. The largest absolute Gasteiger partial charge is 0.490 e. The predicted octanol–water partition coefficient (Wildman–Crippen LogP) is 1.79. The zero-order valence-electron chi connectivity index (χ0n) is 13.0. The molecule has 24 heavy (non-hydrogen) atoms. The number of hydrogen-bond donors (Lipinski definition) is 2. The molecule has 1 aromatic carbocycles. The molecule has 9 heteroatoms. The van der Waals surface area contributed by atoms with Crippen molar-refractivity contribution in [1.82, 2.24) is 0 Å². The SMILES string of the molecule is [N-]=[N+]=NC(C(=O)O)=C(OCCOCCOCCO)c1ccccc1. The highest BCUT2D eigenvalue weighted by Gasteiger charge is 2.16. The Morgan fingerprint density at radius 2 is 1.71 bits per heavy atom. The van der Waals surface area contributed by atoms with Crippen LogP contribution in [0.15, 0.2) is 41.1 Å². The van der Waals surface area contributed by atoms with E-state index in [1.165, 1.54) is 0 Å². The molecule has 1 aromatic rings. The van der Waals surface area contributed by atoms with Crippen molar-refractivity contribution in [2.45, 2.75) is 0 Å². The van der Waals surface area contributed by atoms with Crippen LogP contribution in [0.5, 0.6) is 0 Å². The van der Waals surface area contributed by atoms with Crippen molar-refractivity contribution in [2.75, 3.05) is 39.6 Å². The molecule has 0 aliphatic carbocycles. The summed E-state index contributed by atoms with van der Waals surface area (Å²) in [5.74, 6) is -1.41. The van der Waals surface area contributed by atoms with Crippen LogP contribution in [0.4, 0.5) is 0 Å². The van der Waals surface area contributed by atoms with Gasteiger partial charge in [-0.25, -0.2) is 4.79 Å². The van der Waals surface area contributed by atoms with Crippen molar-refractivity contribution in [3.63, 3.8) is 0 Å². The van der Waals surface area contributed by atoms with Gasteiger partial charge in [-0.15, -0.1) is 0 Å². The van der Waals surface area contributed by atoms with E-state index in [1.807, 2.05) is 0 Å². The fraction of sp³-hybridized carbons (Fsp3) is 0.400. The number of carboxylic acid groups (broad SMARTS) is 1. The number of carboxylic acids is 1. The summed E-state index contributed by atoms with van der Waals surface area (Å²) < 4.78 is 15.7. The molecule has 0 saturated carbocycles. The van der Waals surface area contributed by atoms with E-state index < -0.39 is 11.7 Å². The lowest BCUT2D eigenvalue weighted by atomic mass is 10.1. The van der Waals surface area contributed by atoms with Crippen LogP contribution in [0.25, 0.3) is 16.2 Å². The van der Waals surface area contributed by atoms with Gasteiger partial charge in [0, 0.05) is 10.5 Å². The van der Waals surface area contributed by atoms with Crippen LogP contribution < -0.4 is 0 Å². The second kappa shape index (κ2) is 11.9. The first-order valence-corrected chi connectivity index (χ1v) is 7.18. The Balaban J connectivity index is 2.66. The highest BCUT2D eigenvalue weighted by atomic mass is 16.5. The molecule has 0 bridgehead atoms. The van der Waals surface area contributed by atoms with E-state index in [-0.39, 0.29) is 32.2 Å². The molecule has 0 aliphatic rings. The minimum atomic E-state index is -1.38. The zero-order chi connectivity index (χ0) is 17.6. The molecule has 130 valence electrons. The quantitative estimate of drug-likeness (QED) is 0.149. The van der Waals surface area contributed by atoms with E-state index in [9.17, 15) is 9.90 Å². The van der Waals surface area contributed by atoms with Gasteiger partial charge >= 0.3 is 5.97 Å². The van der Waals surface area contributed by atoms with E-state index in [0.717, 1.165) is 0 Å². The molecular formula is C15H19N3O6. The summed E-state index contributed by atoms with van der Waals surface area (Å²) >= 11 is 0. The maximum absolute atomic E-state index is 11.3. The molecular weight excluding hydrogens is 318 g/mol. The molecule has 0 amide bonds. The summed E-state index contributed by atoms with van der Waals surface area (Å²) in [4.78, 5) is 13.8. The monoisotopic (exact) mass is 337 g/mol. The summed E-state index contributed by atoms with van der Waals surface area (Å²) in [6.07, 6.45) is 0. The summed E-state index contributed by atoms with van der Waals surface area (Å²) in [5, 5.41) is 20.9. The van der Waals surface area contributed by atoms with Crippen LogP contribution in [0.3, 0.4) is 0 Å². The average Bonchev–Trinajstić information content (AvgIpc) is 2.59. The fourth-order valence-corrected chi connectivity index (χ4v) is 1.70. The van der Waals surface area contributed by atoms with Crippen LogP contribution in [0.2, 0.25) is 0 Å². The Hall–Kier alpha value is -2.58. The average molecular weight is 337 g/mol. The number of benzene rings is 1. The molecule has 0 heterocycles. The van der Waals surface area contributed by atoms with E-state index >= 15 is 0 Å². The maximum atomic E-state index is 11.3. The van der Waals surface area contributed by atoms with Gasteiger partial charge in [-0.1, -0.05) is 30.3 Å². The second-order valence-corrected chi connectivity index (χ2v) is 4.34. The first-order chi connectivity index (χ1) is 11.7. The lowest BCUT2D eigenvalue weighted by Gasteiger charge is -2.13. The van der Waals surface area contributed by atoms with Crippen molar-refractivity contribution in [2.24, 2.45) is 5.11 Å². The van der Waals surface area contributed by atoms with E-state index in [2.05, 4.69) is 10.0 Å². The summed E-state index contributed by atoms with van der Waals surface area (Å²) in [7, 11) is 0. The van der Waals surface area contributed by atoms with Gasteiger partial charge in [0.25, 0.3) is 0 Å². The van der Waals surface area contributed by atoms with E-state index in [4.69, 9.17) is 24.8 Å². The number of aliphatic hydroxyl groups excluding tert-OH is 1. The Labute approximate surface area is 138 Å². The van der Waals surface area contributed by atoms with Crippen LogP contribution in [0.1, 0.15) is 5.56 Å². The first-order valence-electron chi connectivity index (χ1n) is 7.18. The third-order valence-corrected chi connectivity index (χ3v) is 2.68. The molecule has 0 saturated heterocycles. The molecule has 0 aromatic heterocycles. The topological polar surface area (TPSA) is 134 Å². The van der Waals surface area contributed by atoms with Crippen LogP contribution in [-0.4, -0.2) is 55.8 Å². The molecule has 0 unspecified atom stereocenters. The highest BCUT2D eigenvalue weighted by Crippen LogP contribution is 2.21. The van der Waals surface area contributed by atoms with Gasteiger partial charge < -0.3 is 24.4 Å². The number of ether oxygens (including phenoxy) is 3. The van der Waals surface area contributed by atoms with Gasteiger partial charge in [-0.3, -0.25) is 0 Å². The number of rotatable bonds is 12. The number of carbonyl (C=O) groups is 1. The molecule has 1 rings (SSSR count). The smallest absolute Gasteiger partial charge is 0.341 e. The molecule has 0 fully saturated rings. The van der Waals surface area contributed by atoms with Crippen LogP contribution >= 0.6 is 0 Å². The van der Waals surface area contributed by atoms with Gasteiger partial charge in [0.15, 0.2) is 5.70 Å². The molecule has 0 radical (unpaired) electrons. The number of azide groups is 1. The third-order valence-electron chi connectivity index (χ3n) is 2.68. The Morgan fingerprint density at radius 3 is 2.29 bits per heavy atom. The van der Waals surface area contributed by atoms with Gasteiger partial charge in [-0.05, 0) is 10.6 Å². The summed E-state index contributed by atoms with van der Waals surface area (Å²) in [6, 6.07) is 8.49. The molecule has 0 spiro atoms. The van der Waals surface area contributed by atoms with Crippen molar-refractivity contribution < 1.29 is 29.2 Å². The third kappa shape index (κ3) is 7.12. The van der Waals surface area contributed by atoms with E-state index in [0.29, 0.717) is 18.8 Å². The zero-order valence-corrected chi connectivity index (χ0v) is 13.0. The van der Waals surface area contributed by atoms with Crippen molar-refractivity contribution >= 4 is 11.7 Å². The fourth-order valence-electron chi connectivity index (χ4n) is 1.70. The lowest BCUT2D eigenvalue weighted by molar-refractivity contribution is -0.132. The Bertz CT molecular complexity index is 580. The van der Waals surface area contributed by atoms with E-state index in [1.54, 1.807) is 30.3 Å². The van der Waals surface area contributed by atoms with Gasteiger partial charge in [0.2, 0.25) is 0 Å². The maximum Gasteiger partial charge on any atom is 0.341 e. The number of nitrogens with zero attached hydrogens (tertiary/aromatic N) is 3.